The van der Waals surface area contributed by atoms with Crippen molar-refractivity contribution in [3.63, 3.8) is 0 Å². The second-order valence-corrected chi connectivity index (χ2v) is 7.04. The number of hydrogen-bond acceptors (Lipinski definition) is 5. The van der Waals surface area contributed by atoms with E-state index in [4.69, 9.17) is 17.3 Å². The van der Waals surface area contributed by atoms with E-state index in [9.17, 15) is 27.7 Å². The van der Waals surface area contributed by atoms with Gasteiger partial charge in [0.2, 0.25) is 5.91 Å². The van der Waals surface area contributed by atoms with E-state index in [-0.39, 0.29) is 10.7 Å². The molecule has 0 saturated carbocycles. The van der Waals surface area contributed by atoms with Crippen molar-refractivity contribution in [2.45, 2.75) is 4.90 Å². The highest BCUT2D eigenvalue weighted by atomic mass is 35.5. The van der Waals surface area contributed by atoms with Gasteiger partial charge in [0.1, 0.15) is 12.4 Å². The van der Waals surface area contributed by atoms with E-state index in [0.717, 1.165) is 30.3 Å². The number of nitro benzene ring substituents is 1. The summed E-state index contributed by atoms with van der Waals surface area (Å²) in [6.45, 7) is -0.809. The molecule has 0 atom stereocenters. The molecule has 0 aliphatic rings. The van der Waals surface area contributed by atoms with Gasteiger partial charge in [0.25, 0.3) is 15.7 Å². The minimum absolute atomic E-state index is 0.164. The Hall–Kier alpha value is -2.72. The van der Waals surface area contributed by atoms with E-state index in [0.29, 0.717) is 4.31 Å². The first-order valence-corrected chi connectivity index (χ1v) is 8.46. The summed E-state index contributed by atoms with van der Waals surface area (Å²) in [5, 5.41) is 10.7. The van der Waals surface area contributed by atoms with Crippen molar-refractivity contribution in [2.24, 2.45) is 5.73 Å². The molecule has 2 aromatic carbocycles. The van der Waals surface area contributed by atoms with Gasteiger partial charge in [-0.2, -0.15) is 0 Å². The number of primary amides is 1. The third-order valence-corrected chi connectivity index (χ3v) is 5.23. The molecule has 2 aromatic rings. The van der Waals surface area contributed by atoms with Crippen molar-refractivity contribution in [1.82, 2.24) is 0 Å². The van der Waals surface area contributed by atoms with Gasteiger partial charge in [0.05, 0.1) is 15.6 Å². The van der Waals surface area contributed by atoms with Crippen LogP contribution in [0.25, 0.3) is 0 Å². The van der Waals surface area contributed by atoms with Crippen LogP contribution in [0.15, 0.2) is 47.4 Å². The van der Waals surface area contributed by atoms with Crippen LogP contribution in [0.1, 0.15) is 0 Å². The summed E-state index contributed by atoms with van der Waals surface area (Å²) in [5.74, 6) is -1.81. The minimum atomic E-state index is -4.54. The molecule has 0 bridgehead atoms. The highest BCUT2D eigenvalue weighted by Crippen LogP contribution is 2.31. The molecule has 2 N–H and O–H groups in total. The highest BCUT2D eigenvalue weighted by molar-refractivity contribution is 7.93. The van der Waals surface area contributed by atoms with E-state index in [1.807, 2.05) is 0 Å². The Kier molecular flexibility index (Phi) is 5.24. The lowest BCUT2D eigenvalue weighted by Gasteiger charge is -2.23. The van der Waals surface area contributed by atoms with Crippen molar-refractivity contribution < 1.29 is 22.5 Å². The van der Waals surface area contributed by atoms with Gasteiger partial charge in [-0.3, -0.25) is 19.2 Å². The Balaban J connectivity index is 2.67. The highest BCUT2D eigenvalue weighted by Gasteiger charge is 2.32. The molecule has 0 radical (unpaired) electrons. The largest absolute Gasteiger partial charge is 0.368 e. The number of nitro groups is 1. The van der Waals surface area contributed by atoms with Crippen LogP contribution >= 0.6 is 11.6 Å². The number of amides is 1. The van der Waals surface area contributed by atoms with E-state index in [1.54, 1.807) is 0 Å². The molecule has 0 aliphatic heterocycles. The summed E-state index contributed by atoms with van der Waals surface area (Å²) in [6.07, 6.45) is 0. The van der Waals surface area contributed by atoms with Crippen LogP contribution < -0.4 is 10.0 Å². The molecule has 2 rings (SSSR count). The average Bonchev–Trinajstić information content (AvgIpc) is 2.55. The molecule has 0 aliphatic carbocycles. The number of carbonyl (C=O) groups is 1. The van der Waals surface area contributed by atoms with Crippen molar-refractivity contribution in [2.75, 3.05) is 10.8 Å². The van der Waals surface area contributed by atoms with Crippen LogP contribution in [0, 0.1) is 15.9 Å². The zero-order chi connectivity index (χ0) is 18.8. The lowest BCUT2D eigenvalue weighted by Crippen LogP contribution is -2.38. The van der Waals surface area contributed by atoms with Crippen LogP contribution in [0.3, 0.4) is 0 Å². The molecule has 0 aromatic heterocycles. The smallest absolute Gasteiger partial charge is 0.289 e. The van der Waals surface area contributed by atoms with Gasteiger partial charge in [0, 0.05) is 6.07 Å². The fourth-order valence-electron chi connectivity index (χ4n) is 2.04. The third-order valence-electron chi connectivity index (χ3n) is 3.12. The predicted molar refractivity (Wildman–Crippen MR) is 88.2 cm³/mol. The normalized spacial score (nSPS) is 11.1. The molecule has 0 heterocycles. The first kappa shape index (κ1) is 18.6. The van der Waals surface area contributed by atoms with E-state index < -0.39 is 43.8 Å². The minimum Gasteiger partial charge on any atom is -0.368 e. The summed E-state index contributed by atoms with van der Waals surface area (Å²) in [5.41, 5.74) is 4.25. The molecule has 0 saturated heterocycles. The first-order chi connectivity index (χ1) is 11.6. The zero-order valence-electron chi connectivity index (χ0n) is 12.4. The molecule has 0 fully saturated rings. The number of hydrogen-bond donors (Lipinski definition) is 1. The number of carbonyl (C=O) groups excluding carboxylic acids is 1. The van der Waals surface area contributed by atoms with Crippen LogP contribution in [-0.4, -0.2) is 25.8 Å². The maximum atomic E-state index is 13.3. The molecule has 11 heteroatoms. The number of nitrogens with zero attached hydrogens (tertiary/aromatic N) is 2. The monoisotopic (exact) mass is 387 g/mol. The summed E-state index contributed by atoms with van der Waals surface area (Å²) < 4.78 is 39.6. The fraction of sp³-hybridized carbons (Fsp3) is 0.0714. The molecular formula is C14H11ClFN3O5S. The van der Waals surface area contributed by atoms with E-state index in [1.165, 1.54) is 12.1 Å². The second kappa shape index (κ2) is 7.03. The second-order valence-electron chi connectivity index (χ2n) is 4.80. The molecule has 0 spiro atoms. The quantitative estimate of drug-likeness (QED) is 0.600. The summed E-state index contributed by atoms with van der Waals surface area (Å²) in [7, 11) is -4.54. The zero-order valence-corrected chi connectivity index (χ0v) is 14.0. The number of sulfonamides is 1. The van der Waals surface area contributed by atoms with Crippen molar-refractivity contribution in [3.05, 3.63) is 63.4 Å². The Morgan fingerprint density at radius 3 is 2.48 bits per heavy atom. The van der Waals surface area contributed by atoms with Gasteiger partial charge < -0.3 is 5.73 Å². The lowest BCUT2D eigenvalue weighted by molar-refractivity contribution is -0.387. The Morgan fingerprint density at radius 2 is 1.92 bits per heavy atom. The molecule has 132 valence electrons. The molecule has 8 nitrogen and oxygen atoms in total. The van der Waals surface area contributed by atoms with Crippen molar-refractivity contribution in [1.29, 1.82) is 0 Å². The predicted octanol–water partition coefficient (Wildman–Crippen LogP) is 2.07. The topological polar surface area (TPSA) is 124 Å². The standard InChI is InChI=1S/C14H11ClFN3O5S/c15-10-7-9(5-6-11(10)16)18(8-14(17)20)25(23,24)13-4-2-1-3-12(13)19(21)22/h1-7H,8H2,(H2,17,20). The number of anilines is 1. The maximum Gasteiger partial charge on any atom is 0.289 e. The number of benzene rings is 2. The SMILES string of the molecule is NC(=O)CN(c1ccc(F)c(Cl)c1)S(=O)(=O)c1ccccc1[N+](=O)[O-]. The molecule has 25 heavy (non-hydrogen) atoms. The third kappa shape index (κ3) is 3.86. The Bertz CT molecular complexity index is 951. The lowest BCUT2D eigenvalue weighted by atomic mass is 10.3. The van der Waals surface area contributed by atoms with Gasteiger partial charge in [-0.1, -0.05) is 23.7 Å². The number of rotatable bonds is 6. The molecular weight excluding hydrogens is 377 g/mol. The van der Waals surface area contributed by atoms with Gasteiger partial charge >= 0.3 is 0 Å². The summed E-state index contributed by atoms with van der Waals surface area (Å²) >= 11 is 5.65. The Morgan fingerprint density at radius 1 is 1.28 bits per heavy atom. The summed E-state index contributed by atoms with van der Waals surface area (Å²) in [4.78, 5) is 20.9. The van der Waals surface area contributed by atoms with Gasteiger partial charge in [0.15, 0.2) is 4.90 Å². The van der Waals surface area contributed by atoms with Crippen LogP contribution in [-0.2, 0) is 14.8 Å². The van der Waals surface area contributed by atoms with Crippen LogP contribution in [0.2, 0.25) is 5.02 Å². The van der Waals surface area contributed by atoms with Gasteiger partial charge in [-0.05, 0) is 24.3 Å². The summed E-state index contributed by atoms with van der Waals surface area (Å²) in [6, 6.07) is 7.56. The van der Waals surface area contributed by atoms with Crippen molar-refractivity contribution in [3.8, 4) is 0 Å². The average molecular weight is 388 g/mol. The number of nitrogens with two attached hydrogens (primary N) is 1. The first-order valence-electron chi connectivity index (χ1n) is 6.64. The van der Waals surface area contributed by atoms with E-state index in [2.05, 4.69) is 0 Å². The molecule has 1 amide bonds. The van der Waals surface area contributed by atoms with Crippen LogP contribution in [0.4, 0.5) is 15.8 Å². The van der Waals surface area contributed by atoms with Gasteiger partial charge in [-0.25, -0.2) is 12.8 Å². The van der Waals surface area contributed by atoms with Crippen LogP contribution in [0.5, 0.6) is 0 Å². The number of para-hydroxylation sites is 1. The van der Waals surface area contributed by atoms with E-state index >= 15 is 0 Å². The van der Waals surface area contributed by atoms with Gasteiger partial charge in [-0.15, -0.1) is 0 Å². The van der Waals surface area contributed by atoms with Crippen molar-refractivity contribution >= 4 is 38.9 Å². The fourth-order valence-corrected chi connectivity index (χ4v) is 3.80. The maximum absolute atomic E-state index is 13.3. The number of halogens is 2. The molecule has 0 unspecified atom stereocenters. The Labute approximate surface area is 146 Å².